The molecule has 1 unspecified atom stereocenters. The van der Waals surface area contributed by atoms with E-state index in [1.807, 2.05) is 0 Å². The minimum Gasteiger partial charge on any atom is -0.473 e. The van der Waals surface area contributed by atoms with E-state index in [0.717, 1.165) is 0 Å². The molecule has 0 spiro atoms. The van der Waals surface area contributed by atoms with E-state index in [9.17, 15) is 9.59 Å². The molecule has 14 bridgehead atoms. The third kappa shape index (κ3) is 5.55. The van der Waals surface area contributed by atoms with Crippen LogP contribution in [0.1, 0.15) is 43.8 Å². The lowest BCUT2D eigenvalue weighted by Crippen LogP contribution is -2.37. The summed E-state index contributed by atoms with van der Waals surface area (Å²) in [5.74, 6) is 0.579. The highest BCUT2D eigenvalue weighted by Crippen LogP contribution is 2.31. The summed E-state index contributed by atoms with van der Waals surface area (Å²) in [5.41, 5.74) is 1.74. The Hall–Kier alpha value is -6.33. The predicted octanol–water partition coefficient (Wildman–Crippen LogP) is 3.57. The van der Waals surface area contributed by atoms with Gasteiger partial charge in [0.2, 0.25) is 53.1 Å². The number of fused-ring (bicyclic) bond motifs is 19. The van der Waals surface area contributed by atoms with Crippen LogP contribution in [0.5, 0.6) is 0 Å². The van der Waals surface area contributed by atoms with Crippen LogP contribution in [-0.2, 0) is 14.3 Å². The quantitative estimate of drug-likeness (QED) is 0.256. The zero-order valence-corrected chi connectivity index (χ0v) is 24.5. The lowest BCUT2D eigenvalue weighted by atomic mass is 10.1. The molecule has 47 heavy (non-hydrogen) atoms. The zero-order valence-electron chi connectivity index (χ0n) is 24.5. The number of carbonyl (C=O) groups excluding carboxylic acids is 2. The van der Waals surface area contributed by atoms with Crippen LogP contribution < -0.4 is 10.6 Å². The van der Waals surface area contributed by atoms with Crippen LogP contribution in [0.2, 0.25) is 0 Å². The number of hydrogen-bond acceptors (Lipinski definition) is 16. The molecule has 2 atom stereocenters. The summed E-state index contributed by atoms with van der Waals surface area (Å²) >= 11 is 0. The Labute approximate surface area is 262 Å². The third-order valence-corrected chi connectivity index (χ3v) is 7.22. The molecule has 2 aliphatic rings. The summed E-state index contributed by atoms with van der Waals surface area (Å²) in [4.78, 5) is 55.7. The molecule has 2 amide bonds. The van der Waals surface area contributed by atoms with Gasteiger partial charge in [-0.2, -0.15) is 0 Å². The summed E-state index contributed by atoms with van der Waals surface area (Å²) in [6.45, 7) is 1.93. The topological polar surface area (TPSA) is 236 Å². The molecule has 2 N–H and O–H groups in total. The fourth-order valence-corrected chi connectivity index (χ4v) is 4.91. The predicted molar refractivity (Wildman–Crippen MR) is 154 cm³/mol. The number of aromatic nitrogens is 6. The van der Waals surface area contributed by atoms with Crippen LogP contribution in [0.3, 0.4) is 0 Å². The maximum absolute atomic E-state index is 13.4. The van der Waals surface area contributed by atoms with Gasteiger partial charge in [-0.25, -0.2) is 34.9 Å². The molecular formula is C29H23N9O9. The monoisotopic (exact) mass is 641 g/mol. The molecule has 6 aromatic heterocycles. The third-order valence-electron chi connectivity index (χ3n) is 7.22. The first-order chi connectivity index (χ1) is 23.0. The second-order valence-electron chi connectivity index (χ2n) is 10.6. The van der Waals surface area contributed by atoms with Crippen molar-refractivity contribution in [3.63, 3.8) is 0 Å². The van der Waals surface area contributed by atoms with Crippen molar-refractivity contribution in [2.45, 2.75) is 38.3 Å². The van der Waals surface area contributed by atoms with E-state index in [-0.39, 0.29) is 70.8 Å². The second-order valence-corrected chi connectivity index (χ2v) is 10.6. The van der Waals surface area contributed by atoms with Crippen molar-refractivity contribution in [2.75, 3.05) is 13.2 Å². The number of nitrogens with zero attached hydrogens (tertiary/aromatic N) is 7. The summed E-state index contributed by atoms with van der Waals surface area (Å²) < 4.78 is 39.5. The normalized spacial score (nSPS) is 17.0. The van der Waals surface area contributed by atoms with Gasteiger partial charge in [0.15, 0.2) is 40.2 Å². The van der Waals surface area contributed by atoms with Gasteiger partial charge >= 0.3 is 0 Å². The minimum atomic E-state index is -0.869. The molecule has 8 heterocycles. The Bertz CT molecular complexity index is 2110. The molecule has 8 rings (SSSR count). The maximum Gasteiger partial charge on any atom is 0.249 e. The van der Waals surface area contributed by atoms with E-state index in [1.54, 1.807) is 0 Å². The van der Waals surface area contributed by atoms with Crippen molar-refractivity contribution in [1.82, 2.24) is 40.5 Å². The van der Waals surface area contributed by atoms with Crippen LogP contribution >= 0.6 is 0 Å². The number of unbranched alkanes of at least 4 members (excludes halogenated alkanes) is 1. The zero-order chi connectivity index (χ0) is 31.9. The molecule has 2 aliphatic heterocycles. The lowest BCUT2D eigenvalue weighted by molar-refractivity contribution is -0.123. The van der Waals surface area contributed by atoms with E-state index in [0.29, 0.717) is 42.9 Å². The summed E-state index contributed by atoms with van der Waals surface area (Å²) in [5, 5.41) is 5.73. The maximum atomic E-state index is 13.4. The molecule has 0 aliphatic carbocycles. The number of carbonyl (C=O) groups is 2. The Balaban J connectivity index is 1.13. The molecule has 18 nitrogen and oxygen atoms in total. The van der Waals surface area contributed by atoms with Gasteiger partial charge in [-0.3, -0.25) is 9.59 Å². The highest BCUT2D eigenvalue weighted by atomic mass is 16.5. The fraction of sp³-hybridized carbons (Fsp3) is 0.276. The van der Waals surface area contributed by atoms with Crippen molar-refractivity contribution in [2.24, 2.45) is 4.99 Å². The molecule has 0 fully saturated rings. The molecule has 6 aromatic rings. The van der Waals surface area contributed by atoms with Gasteiger partial charge in [0.05, 0.1) is 0 Å². The Morgan fingerprint density at radius 2 is 1.21 bits per heavy atom. The smallest absolute Gasteiger partial charge is 0.249 e. The first kappa shape index (κ1) is 28.2. The molecular weight excluding hydrogens is 618 g/mol. The largest absolute Gasteiger partial charge is 0.473 e. The Morgan fingerprint density at radius 1 is 0.723 bits per heavy atom. The number of aliphatic imine (C=N–C) groups is 1. The van der Waals surface area contributed by atoms with Crippen molar-refractivity contribution >= 4 is 17.7 Å². The van der Waals surface area contributed by atoms with Gasteiger partial charge in [0.25, 0.3) is 0 Å². The number of oxazole rings is 6. The summed E-state index contributed by atoms with van der Waals surface area (Å²) in [7, 11) is 0. The van der Waals surface area contributed by atoms with Gasteiger partial charge in [0, 0.05) is 13.5 Å². The van der Waals surface area contributed by atoms with E-state index >= 15 is 0 Å². The van der Waals surface area contributed by atoms with Crippen molar-refractivity contribution in [3.05, 3.63) is 49.2 Å². The van der Waals surface area contributed by atoms with Crippen LogP contribution in [-0.4, -0.2) is 66.8 Å². The average Bonchev–Trinajstić information content (AvgIpc) is 3.91. The molecule has 0 saturated heterocycles. The van der Waals surface area contributed by atoms with Crippen molar-refractivity contribution < 1.29 is 40.8 Å². The van der Waals surface area contributed by atoms with E-state index in [2.05, 4.69) is 45.5 Å². The number of hydrogen-bond donors (Lipinski definition) is 2. The number of amides is 2. The van der Waals surface area contributed by atoms with Gasteiger partial charge in [0.1, 0.15) is 50.2 Å². The second kappa shape index (κ2) is 11.5. The standard InChI is InChI=1S/C29H23N9O9/c1-13(39)30-5-3-2-4-14-23-33-17(7-42-23)25-35-19(9-44-25)27-37-21(11-46-27)29-38-20(12-47-29)28-36-18(10-45-28)26-34-16(8-43-26)24-32-15(6-41-24)22(40)31-14/h7-12,14-15H,2-6H2,1H3,(H,30,39)(H,31,40)/t14-,15?/m0/s1. The van der Waals surface area contributed by atoms with Crippen LogP contribution in [0.25, 0.3) is 57.9 Å². The first-order valence-corrected chi connectivity index (χ1v) is 14.5. The van der Waals surface area contributed by atoms with Crippen LogP contribution in [0.15, 0.2) is 69.1 Å². The van der Waals surface area contributed by atoms with Crippen LogP contribution in [0.4, 0.5) is 0 Å². The SMILES string of the molecule is CC(=O)NCCCC[C@@H]1NC(=O)C2COC(=N2)c2coc(n2)-c2coc(n2)-c2coc(n2)-c2coc(n2)-c2coc(n2)-c2coc1n2. The number of nitrogens with one attached hydrogen (secondary N) is 2. The lowest BCUT2D eigenvalue weighted by Gasteiger charge is -2.17. The van der Waals surface area contributed by atoms with Crippen molar-refractivity contribution in [1.29, 1.82) is 0 Å². The molecule has 0 saturated carbocycles. The van der Waals surface area contributed by atoms with Gasteiger partial charge in [-0.1, -0.05) is 0 Å². The van der Waals surface area contributed by atoms with Crippen LogP contribution in [0, 0.1) is 0 Å². The van der Waals surface area contributed by atoms with Crippen molar-refractivity contribution in [3.8, 4) is 57.9 Å². The Morgan fingerprint density at radius 3 is 1.77 bits per heavy atom. The molecule has 0 aromatic carbocycles. The van der Waals surface area contributed by atoms with E-state index in [4.69, 9.17) is 31.2 Å². The molecule has 0 radical (unpaired) electrons. The number of rotatable bonds is 5. The van der Waals surface area contributed by atoms with Gasteiger partial charge < -0.3 is 41.9 Å². The average molecular weight is 642 g/mol. The molecule has 238 valence electrons. The highest BCUT2D eigenvalue weighted by Gasteiger charge is 2.32. The van der Waals surface area contributed by atoms with E-state index < -0.39 is 18.0 Å². The fourth-order valence-electron chi connectivity index (χ4n) is 4.91. The highest BCUT2D eigenvalue weighted by molar-refractivity contribution is 5.97. The summed E-state index contributed by atoms with van der Waals surface area (Å²) in [6.07, 6.45) is 9.94. The van der Waals surface area contributed by atoms with E-state index in [1.165, 1.54) is 44.5 Å². The van der Waals surface area contributed by atoms with Gasteiger partial charge in [-0.15, -0.1) is 0 Å². The summed E-state index contributed by atoms with van der Waals surface area (Å²) in [6, 6.07) is -1.50. The first-order valence-electron chi connectivity index (χ1n) is 14.5. The Kier molecular flexibility index (Phi) is 6.92. The molecule has 18 heteroatoms. The minimum absolute atomic E-state index is 0.0144. The van der Waals surface area contributed by atoms with Gasteiger partial charge in [-0.05, 0) is 19.3 Å². The number of ether oxygens (including phenoxy) is 1.